The minimum absolute atomic E-state index is 0.0165. The Labute approximate surface area is 178 Å². The largest absolute Gasteiger partial charge is 0.497 e. The molecule has 164 valence electrons. The Morgan fingerprint density at radius 2 is 1.71 bits per heavy atom. The topological polar surface area (TPSA) is 61.2 Å². The maximum atomic E-state index is 13.2. The molecule has 3 rings (SSSR count). The summed E-state index contributed by atoms with van der Waals surface area (Å²) in [5.41, 5.74) is 1.20. The normalized spacial score (nSPS) is 12.0. The number of halogens is 3. The van der Waals surface area contributed by atoms with Gasteiger partial charge in [-0.25, -0.2) is 8.42 Å². The Morgan fingerprint density at radius 3 is 2.29 bits per heavy atom. The fourth-order valence-electron chi connectivity index (χ4n) is 3.06. The van der Waals surface area contributed by atoms with Crippen molar-refractivity contribution in [3.05, 3.63) is 72.6 Å². The zero-order valence-corrected chi connectivity index (χ0v) is 17.8. The minimum Gasteiger partial charge on any atom is -0.497 e. The number of hydrogen-bond acceptors (Lipinski definition) is 4. The van der Waals surface area contributed by atoms with Crippen molar-refractivity contribution >= 4 is 9.84 Å². The van der Waals surface area contributed by atoms with E-state index in [1.54, 1.807) is 49.4 Å². The van der Waals surface area contributed by atoms with Crippen molar-refractivity contribution in [2.45, 2.75) is 24.5 Å². The van der Waals surface area contributed by atoms with Gasteiger partial charge in [0.2, 0.25) is 0 Å². The van der Waals surface area contributed by atoms with Crippen LogP contribution in [0, 0.1) is 0 Å². The smallest absolute Gasteiger partial charge is 0.435 e. The van der Waals surface area contributed by atoms with Crippen LogP contribution in [0.3, 0.4) is 0 Å². The van der Waals surface area contributed by atoms with Crippen molar-refractivity contribution < 1.29 is 26.3 Å². The highest BCUT2D eigenvalue weighted by Gasteiger charge is 2.35. The fourth-order valence-corrected chi connectivity index (χ4v) is 3.73. The highest BCUT2D eigenvalue weighted by atomic mass is 32.2. The molecule has 31 heavy (non-hydrogen) atoms. The molecule has 2 aromatic carbocycles. The van der Waals surface area contributed by atoms with E-state index in [1.165, 1.54) is 10.7 Å². The number of rotatable bonds is 7. The molecule has 0 saturated heterocycles. The summed E-state index contributed by atoms with van der Waals surface area (Å²) in [6.07, 6.45) is -3.45. The molecule has 0 spiro atoms. The van der Waals surface area contributed by atoms with E-state index in [4.69, 9.17) is 4.74 Å². The monoisotopic (exact) mass is 450 g/mol. The lowest BCUT2D eigenvalue weighted by Crippen LogP contribution is -2.10. The average Bonchev–Trinajstić information content (AvgIpc) is 3.12. The zero-order chi connectivity index (χ0) is 22.8. The highest BCUT2D eigenvalue weighted by Crippen LogP contribution is 2.33. The van der Waals surface area contributed by atoms with Gasteiger partial charge in [0, 0.05) is 6.26 Å². The molecule has 0 radical (unpaired) electrons. The molecule has 0 N–H and O–H groups in total. The molecule has 0 aliphatic carbocycles. The van der Waals surface area contributed by atoms with Crippen LogP contribution in [0.1, 0.15) is 12.6 Å². The van der Waals surface area contributed by atoms with Crippen molar-refractivity contribution in [1.29, 1.82) is 0 Å². The van der Waals surface area contributed by atoms with Crippen molar-refractivity contribution in [2.75, 3.05) is 12.9 Å². The second kappa shape index (κ2) is 8.58. The van der Waals surface area contributed by atoms with Gasteiger partial charge in [0.25, 0.3) is 0 Å². The number of alkyl halides is 3. The van der Waals surface area contributed by atoms with Crippen LogP contribution in [-0.2, 0) is 27.3 Å². The van der Waals surface area contributed by atoms with Crippen molar-refractivity contribution in [2.24, 2.45) is 0 Å². The van der Waals surface area contributed by atoms with Crippen LogP contribution in [0.5, 0.6) is 0 Å². The molecule has 0 fully saturated rings. The van der Waals surface area contributed by atoms with Crippen LogP contribution in [0.15, 0.2) is 71.8 Å². The first-order valence-electron chi connectivity index (χ1n) is 9.35. The molecule has 0 aliphatic rings. The van der Waals surface area contributed by atoms with E-state index < -0.39 is 21.7 Å². The molecule has 9 heteroatoms. The van der Waals surface area contributed by atoms with Gasteiger partial charge >= 0.3 is 6.18 Å². The third kappa shape index (κ3) is 5.35. The lowest BCUT2D eigenvalue weighted by Gasteiger charge is -2.11. The first kappa shape index (κ1) is 22.6. The number of hydrogen-bond donors (Lipinski definition) is 0. The van der Waals surface area contributed by atoms with E-state index in [0.29, 0.717) is 23.5 Å². The number of allylic oxidation sites excluding steroid dienone is 1. The van der Waals surface area contributed by atoms with Gasteiger partial charge in [0.05, 0.1) is 23.7 Å². The summed E-state index contributed by atoms with van der Waals surface area (Å²) in [7, 11) is -3.36. The Bertz CT molecular complexity index is 1200. The van der Waals surface area contributed by atoms with Gasteiger partial charge in [-0.3, -0.25) is 4.68 Å². The van der Waals surface area contributed by atoms with Gasteiger partial charge in [-0.2, -0.15) is 18.3 Å². The molecule has 3 aromatic rings. The summed E-state index contributed by atoms with van der Waals surface area (Å²) < 4.78 is 69.7. The summed E-state index contributed by atoms with van der Waals surface area (Å²) in [6, 6.07) is 14.2. The molecule has 5 nitrogen and oxygen atoms in total. The second-order valence-electron chi connectivity index (χ2n) is 6.92. The first-order chi connectivity index (χ1) is 14.5. The molecular weight excluding hydrogens is 429 g/mol. The molecule has 1 heterocycles. The molecule has 0 unspecified atom stereocenters. The summed E-state index contributed by atoms with van der Waals surface area (Å²) >= 11 is 0. The summed E-state index contributed by atoms with van der Waals surface area (Å²) in [4.78, 5) is 0.191. The van der Waals surface area contributed by atoms with E-state index in [1.807, 2.05) is 0 Å². The molecule has 0 saturated carbocycles. The first-order valence-corrected chi connectivity index (χ1v) is 11.2. The van der Waals surface area contributed by atoms with Gasteiger partial charge < -0.3 is 4.74 Å². The molecule has 0 aliphatic heterocycles. The Morgan fingerprint density at radius 1 is 1.06 bits per heavy atom. The second-order valence-corrected chi connectivity index (χ2v) is 8.93. The highest BCUT2D eigenvalue weighted by molar-refractivity contribution is 7.90. The summed E-state index contributed by atoms with van der Waals surface area (Å²) in [5.74, 6) is 0.301. The van der Waals surface area contributed by atoms with Crippen LogP contribution in [-0.4, -0.2) is 31.1 Å². The van der Waals surface area contributed by atoms with Crippen LogP contribution >= 0.6 is 0 Å². The van der Waals surface area contributed by atoms with Crippen LogP contribution in [0.25, 0.3) is 22.4 Å². The number of nitrogens with zero attached hydrogens (tertiary/aromatic N) is 2. The Balaban J connectivity index is 1.98. The van der Waals surface area contributed by atoms with E-state index in [-0.39, 0.29) is 17.1 Å². The maximum Gasteiger partial charge on any atom is 0.435 e. The molecular formula is C22H21F3N2O3S. The zero-order valence-electron chi connectivity index (χ0n) is 17.0. The lowest BCUT2D eigenvalue weighted by molar-refractivity contribution is -0.141. The third-order valence-corrected chi connectivity index (χ3v) is 5.63. The van der Waals surface area contributed by atoms with Crippen molar-refractivity contribution in [3.8, 4) is 22.4 Å². The molecule has 0 amide bonds. The van der Waals surface area contributed by atoms with Crippen LogP contribution in [0.2, 0.25) is 0 Å². The van der Waals surface area contributed by atoms with Gasteiger partial charge in [-0.1, -0.05) is 43.0 Å². The average molecular weight is 450 g/mol. The summed E-state index contributed by atoms with van der Waals surface area (Å²) in [5, 5.41) is 3.68. The molecule has 1 aromatic heterocycles. The maximum absolute atomic E-state index is 13.2. The van der Waals surface area contributed by atoms with E-state index in [0.717, 1.165) is 17.9 Å². The SMILES string of the molecule is C=C(Cn1nc(C(F)(F)F)cc1-c1ccc(-c2cccc(S(C)(=O)=O)c2)cc1)OCC. The number of benzene rings is 2. The Hall–Kier alpha value is -3.07. The standard InChI is InChI=1S/C22H21F3N2O3S/c1-4-30-15(2)14-27-20(13-21(26-27)22(23,24)25)17-10-8-16(9-11-17)18-6-5-7-19(12-18)31(3,28)29/h5-13H,2,4,14H2,1,3H3. The molecule has 0 bridgehead atoms. The van der Waals surface area contributed by atoms with E-state index in [2.05, 4.69) is 11.7 Å². The molecule has 0 atom stereocenters. The van der Waals surface area contributed by atoms with Crippen molar-refractivity contribution in [1.82, 2.24) is 9.78 Å². The quantitative estimate of drug-likeness (QED) is 0.465. The predicted octanol–water partition coefficient (Wildman–Crippen LogP) is 5.19. The fraction of sp³-hybridized carbons (Fsp3) is 0.227. The van der Waals surface area contributed by atoms with E-state index in [9.17, 15) is 21.6 Å². The van der Waals surface area contributed by atoms with Gasteiger partial charge in [-0.05, 0) is 41.8 Å². The number of ether oxygens (including phenoxy) is 1. The summed E-state index contributed by atoms with van der Waals surface area (Å²) in [6.45, 7) is 5.81. The van der Waals surface area contributed by atoms with Gasteiger partial charge in [0.15, 0.2) is 15.5 Å². The van der Waals surface area contributed by atoms with Crippen LogP contribution < -0.4 is 0 Å². The number of sulfone groups is 1. The Kier molecular flexibility index (Phi) is 6.26. The van der Waals surface area contributed by atoms with Crippen LogP contribution in [0.4, 0.5) is 13.2 Å². The predicted molar refractivity (Wildman–Crippen MR) is 112 cm³/mol. The minimum atomic E-state index is -4.58. The van der Waals surface area contributed by atoms with Crippen molar-refractivity contribution in [3.63, 3.8) is 0 Å². The third-order valence-electron chi connectivity index (χ3n) is 4.52. The number of aromatic nitrogens is 2. The van der Waals surface area contributed by atoms with E-state index >= 15 is 0 Å². The lowest BCUT2D eigenvalue weighted by atomic mass is 10.0. The van der Waals surface area contributed by atoms with Gasteiger partial charge in [-0.15, -0.1) is 0 Å². The van der Waals surface area contributed by atoms with Gasteiger partial charge in [0.1, 0.15) is 5.76 Å².